The molecule has 0 amide bonds. The second-order valence-corrected chi connectivity index (χ2v) is 10.0. The summed E-state index contributed by atoms with van der Waals surface area (Å²) < 4.78 is 18.8. The number of aromatic nitrogens is 1. The molecule has 0 N–H and O–H groups in total. The number of allylic oxidation sites excluding steroid dienone is 1. The minimum absolute atomic E-state index is 0.0586. The molecule has 6 rings (SSSR count). The highest BCUT2D eigenvalue weighted by Crippen LogP contribution is 2.41. The van der Waals surface area contributed by atoms with Gasteiger partial charge in [-0.15, -0.1) is 0 Å². The van der Waals surface area contributed by atoms with E-state index in [0.29, 0.717) is 20.8 Å². The third kappa shape index (κ3) is 3.96. The van der Waals surface area contributed by atoms with E-state index in [1.54, 1.807) is 21.3 Å². The number of fused-ring (bicyclic) bond motifs is 3. The molecule has 0 saturated carbocycles. The van der Waals surface area contributed by atoms with Crippen LogP contribution in [0.15, 0.2) is 82.1 Å². The minimum atomic E-state index is -0.248. The monoisotopic (exact) mass is 510 g/mol. The Bertz CT molecular complexity index is 1730. The molecule has 0 radical (unpaired) electrons. The molecule has 7 heteroatoms. The Hall–Kier alpha value is -4.10. The van der Waals surface area contributed by atoms with Crippen LogP contribution in [0, 0.1) is 0 Å². The standard InChI is InChI=1S/C30H26N2O4S/c1-34-21-9-6-8-20(17-21)28-23-13-12-19-7-4-5-10-22(19)27(23)31-30-32(28)29(33)26(37-30)16-18-11-14-24(35-2)25(15-18)36-3/h4-11,14-17,28H,12-13H2,1-3H3/b26-16+/t28-/m1/s1. The van der Waals surface area contributed by atoms with Crippen molar-refractivity contribution >= 4 is 23.1 Å². The van der Waals surface area contributed by atoms with Crippen molar-refractivity contribution in [3.05, 3.63) is 114 Å². The lowest BCUT2D eigenvalue weighted by Crippen LogP contribution is -2.38. The first kappa shape index (κ1) is 23.3. The van der Waals surface area contributed by atoms with Crippen LogP contribution in [0.4, 0.5) is 0 Å². The molecule has 0 unspecified atom stereocenters. The lowest BCUT2D eigenvalue weighted by atomic mass is 9.83. The van der Waals surface area contributed by atoms with Crippen LogP contribution in [0.3, 0.4) is 0 Å². The predicted octanol–water partition coefficient (Wildman–Crippen LogP) is 4.34. The molecule has 1 atom stereocenters. The number of aryl methyl sites for hydroxylation is 1. The summed E-state index contributed by atoms with van der Waals surface area (Å²) in [5.74, 6) is 2.02. The summed E-state index contributed by atoms with van der Waals surface area (Å²) in [6.45, 7) is 0. The Balaban J connectivity index is 1.59. The zero-order chi connectivity index (χ0) is 25.5. The maximum absolute atomic E-state index is 13.9. The molecule has 0 fully saturated rings. The number of hydrogen-bond donors (Lipinski definition) is 0. The van der Waals surface area contributed by atoms with Crippen LogP contribution in [0.1, 0.15) is 34.7 Å². The highest BCUT2D eigenvalue weighted by molar-refractivity contribution is 7.07. The molecule has 1 aromatic heterocycles. The van der Waals surface area contributed by atoms with E-state index in [2.05, 4.69) is 30.3 Å². The van der Waals surface area contributed by atoms with E-state index in [1.165, 1.54) is 16.9 Å². The Morgan fingerprint density at radius 3 is 2.57 bits per heavy atom. The second-order valence-electron chi connectivity index (χ2n) is 9.00. The van der Waals surface area contributed by atoms with Crippen LogP contribution in [0.2, 0.25) is 0 Å². The van der Waals surface area contributed by atoms with E-state index in [-0.39, 0.29) is 11.6 Å². The molecule has 0 spiro atoms. The largest absolute Gasteiger partial charge is 0.497 e. The molecule has 0 saturated heterocycles. The van der Waals surface area contributed by atoms with Gasteiger partial charge in [0, 0.05) is 5.56 Å². The van der Waals surface area contributed by atoms with Crippen LogP contribution in [0.5, 0.6) is 17.2 Å². The summed E-state index contributed by atoms with van der Waals surface area (Å²) in [7, 11) is 4.87. The van der Waals surface area contributed by atoms with E-state index in [4.69, 9.17) is 19.2 Å². The lowest BCUT2D eigenvalue weighted by molar-refractivity contribution is 0.355. The van der Waals surface area contributed by atoms with Crippen LogP contribution in [0.25, 0.3) is 11.8 Å². The van der Waals surface area contributed by atoms with Crippen molar-refractivity contribution in [2.75, 3.05) is 21.3 Å². The van der Waals surface area contributed by atoms with Gasteiger partial charge in [0.25, 0.3) is 5.56 Å². The minimum Gasteiger partial charge on any atom is -0.497 e. The molecule has 3 aromatic carbocycles. The van der Waals surface area contributed by atoms with Gasteiger partial charge in [-0.2, -0.15) is 0 Å². The van der Waals surface area contributed by atoms with Gasteiger partial charge in [-0.3, -0.25) is 9.36 Å². The fourth-order valence-electron chi connectivity index (χ4n) is 5.23. The predicted molar refractivity (Wildman–Crippen MR) is 145 cm³/mol. The first-order valence-corrected chi connectivity index (χ1v) is 12.9. The Morgan fingerprint density at radius 1 is 0.919 bits per heavy atom. The molecular formula is C30H26N2O4S. The Kier molecular flexibility index (Phi) is 5.93. The number of benzene rings is 3. The summed E-state index contributed by atoms with van der Waals surface area (Å²) in [5, 5.41) is 0. The summed E-state index contributed by atoms with van der Waals surface area (Å²) in [5.41, 5.74) is 6.39. The number of ether oxygens (including phenoxy) is 3. The van der Waals surface area contributed by atoms with Gasteiger partial charge >= 0.3 is 0 Å². The molecule has 4 aromatic rings. The van der Waals surface area contributed by atoms with E-state index >= 15 is 0 Å². The van der Waals surface area contributed by atoms with Crippen molar-refractivity contribution in [1.29, 1.82) is 0 Å². The Morgan fingerprint density at radius 2 is 1.76 bits per heavy atom. The SMILES string of the molecule is COc1cccc([C@@H]2C3=C(N=c4s/c(=C/c5ccc(OC)c(OC)c5)c(=O)n42)c2ccccc2CC3)c1. The van der Waals surface area contributed by atoms with Crippen LogP contribution >= 0.6 is 11.3 Å². The van der Waals surface area contributed by atoms with Gasteiger partial charge in [-0.05, 0) is 65.4 Å². The van der Waals surface area contributed by atoms with Gasteiger partial charge in [-0.1, -0.05) is 53.8 Å². The molecular weight excluding hydrogens is 484 g/mol. The molecule has 6 nitrogen and oxygen atoms in total. The number of rotatable bonds is 5. The first-order valence-electron chi connectivity index (χ1n) is 12.1. The van der Waals surface area contributed by atoms with Crippen LogP contribution in [-0.2, 0) is 6.42 Å². The fourth-order valence-corrected chi connectivity index (χ4v) is 6.23. The highest BCUT2D eigenvalue weighted by atomic mass is 32.1. The fraction of sp³-hybridized carbons (Fsp3) is 0.200. The maximum atomic E-state index is 13.9. The van der Waals surface area contributed by atoms with Gasteiger partial charge in [0.1, 0.15) is 5.75 Å². The zero-order valence-electron chi connectivity index (χ0n) is 20.9. The lowest BCUT2D eigenvalue weighted by Gasteiger charge is -2.31. The molecule has 0 bridgehead atoms. The first-order chi connectivity index (χ1) is 18.1. The molecule has 1 aliphatic heterocycles. The second kappa shape index (κ2) is 9.41. The van der Waals surface area contributed by atoms with Crippen molar-refractivity contribution < 1.29 is 14.2 Å². The Labute approximate surface area is 218 Å². The number of nitrogens with zero attached hydrogens (tertiary/aromatic N) is 2. The third-order valence-electron chi connectivity index (χ3n) is 6.99. The maximum Gasteiger partial charge on any atom is 0.271 e. The smallest absolute Gasteiger partial charge is 0.271 e. The summed E-state index contributed by atoms with van der Waals surface area (Å²) in [6.07, 6.45) is 3.66. The highest BCUT2D eigenvalue weighted by Gasteiger charge is 2.32. The summed E-state index contributed by atoms with van der Waals surface area (Å²) in [6, 6.07) is 21.8. The molecule has 186 valence electrons. The topological polar surface area (TPSA) is 62.0 Å². The van der Waals surface area contributed by atoms with E-state index in [1.807, 2.05) is 47.0 Å². The molecule has 2 aliphatic rings. The van der Waals surface area contributed by atoms with Crippen molar-refractivity contribution in [3.8, 4) is 17.2 Å². The van der Waals surface area contributed by atoms with E-state index < -0.39 is 0 Å². The number of methoxy groups -OCH3 is 3. The molecule has 37 heavy (non-hydrogen) atoms. The van der Waals surface area contributed by atoms with Crippen molar-refractivity contribution in [2.24, 2.45) is 4.99 Å². The molecule has 2 heterocycles. The quantitative estimate of drug-likeness (QED) is 0.401. The van der Waals surface area contributed by atoms with Gasteiger partial charge in [0.15, 0.2) is 16.3 Å². The number of thiazole rings is 1. The van der Waals surface area contributed by atoms with Gasteiger partial charge in [0.2, 0.25) is 0 Å². The van der Waals surface area contributed by atoms with Crippen molar-refractivity contribution in [2.45, 2.75) is 18.9 Å². The van der Waals surface area contributed by atoms with Crippen molar-refractivity contribution in [3.63, 3.8) is 0 Å². The van der Waals surface area contributed by atoms with Crippen LogP contribution in [-0.4, -0.2) is 25.9 Å². The van der Waals surface area contributed by atoms with E-state index in [9.17, 15) is 4.79 Å². The third-order valence-corrected chi connectivity index (χ3v) is 7.97. The average molecular weight is 511 g/mol. The number of hydrogen-bond acceptors (Lipinski definition) is 6. The molecule has 1 aliphatic carbocycles. The normalized spacial score (nSPS) is 16.4. The average Bonchev–Trinajstić information content (AvgIpc) is 3.25. The van der Waals surface area contributed by atoms with Gasteiger partial charge in [-0.25, -0.2) is 4.99 Å². The summed E-state index contributed by atoms with van der Waals surface area (Å²) >= 11 is 1.41. The van der Waals surface area contributed by atoms with Gasteiger partial charge < -0.3 is 14.2 Å². The van der Waals surface area contributed by atoms with Crippen molar-refractivity contribution in [1.82, 2.24) is 4.57 Å². The summed E-state index contributed by atoms with van der Waals surface area (Å²) in [4.78, 5) is 19.7. The van der Waals surface area contributed by atoms with Crippen LogP contribution < -0.4 is 29.1 Å². The van der Waals surface area contributed by atoms with Gasteiger partial charge in [0.05, 0.1) is 37.6 Å². The van der Waals surface area contributed by atoms with E-state index in [0.717, 1.165) is 46.6 Å². The zero-order valence-corrected chi connectivity index (χ0v) is 21.7.